The minimum Gasteiger partial charge on any atom is -0.377 e. The van der Waals surface area contributed by atoms with Crippen molar-refractivity contribution in [2.45, 2.75) is 43.8 Å². The summed E-state index contributed by atoms with van der Waals surface area (Å²) < 4.78 is 13.4. The van der Waals surface area contributed by atoms with E-state index in [4.69, 9.17) is 9.47 Å². The van der Waals surface area contributed by atoms with E-state index in [0.29, 0.717) is 13.0 Å². The van der Waals surface area contributed by atoms with Gasteiger partial charge in [-0.1, -0.05) is 0 Å². The third-order valence-electron chi connectivity index (χ3n) is 4.93. The lowest BCUT2D eigenvalue weighted by Crippen LogP contribution is -2.57. The van der Waals surface area contributed by atoms with Gasteiger partial charge in [0.05, 0.1) is 11.8 Å². The molecule has 0 bridgehead atoms. The summed E-state index contributed by atoms with van der Waals surface area (Å²) in [5.74, 6) is 0.193. The number of hydrogen-bond donors (Lipinski definition) is 0. The number of likely N-dealkylation sites (tertiary alicyclic amines) is 1. The van der Waals surface area contributed by atoms with Crippen LogP contribution < -0.4 is 0 Å². The Morgan fingerprint density at radius 1 is 1.55 bits per heavy atom. The highest BCUT2D eigenvalue weighted by Gasteiger charge is 2.47. The van der Waals surface area contributed by atoms with Crippen molar-refractivity contribution in [2.75, 3.05) is 26.8 Å². The number of rotatable bonds is 4. The van der Waals surface area contributed by atoms with Crippen molar-refractivity contribution in [1.82, 2.24) is 14.7 Å². The van der Waals surface area contributed by atoms with Crippen molar-refractivity contribution in [1.29, 1.82) is 0 Å². The largest absolute Gasteiger partial charge is 0.377 e. The Hall–Kier alpha value is -1.40. The van der Waals surface area contributed by atoms with Crippen LogP contribution in [0.25, 0.3) is 0 Å². The predicted octanol–water partition coefficient (Wildman–Crippen LogP) is 1.15. The Balaban J connectivity index is 1.55. The number of carbonyl (C=O) groups is 1. The van der Waals surface area contributed by atoms with E-state index in [2.05, 4.69) is 5.10 Å². The third-order valence-corrected chi connectivity index (χ3v) is 4.93. The Morgan fingerprint density at radius 2 is 2.41 bits per heavy atom. The van der Waals surface area contributed by atoms with Crippen LogP contribution in [0.1, 0.15) is 31.2 Å². The number of piperidine rings is 1. The number of aromatic nitrogens is 2. The van der Waals surface area contributed by atoms with Gasteiger partial charge in [0, 0.05) is 46.5 Å². The monoisotopic (exact) mass is 307 g/mol. The number of methoxy groups -OCH3 is 1. The zero-order valence-electron chi connectivity index (χ0n) is 13.5. The molecule has 2 aliphatic heterocycles. The number of nitrogens with zero attached hydrogens (tertiary/aromatic N) is 3. The minimum atomic E-state index is -0.158. The second kappa shape index (κ2) is 6.38. The summed E-state index contributed by atoms with van der Waals surface area (Å²) in [6.07, 6.45) is 8.05. The molecule has 0 unspecified atom stereocenters. The van der Waals surface area contributed by atoms with E-state index in [0.717, 1.165) is 44.4 Å². The minimum absolute atomic E-state index is 0.00825. The molecule has 0 saturated carbocycles. The number of amides is 1. The molecular formula is C16H25N3O3. The molecular weight excluding hydrogens is 282 g/mol. The number of hydrogen-bond acceptors (Lipinski definition) is 4. The first-order chi connectivity index (χ1) is 10.6. The van der Waals surface area contributed by atoms with E-state index >= 15 is 0 Å². The standard InChI is InChI=1S/C16H25N3O3/c1-18-11-13(10-17-18)4-5-15(20)19-8-7-16(6-3-9-22-16)14(12-19)21-2/h10-11,14H,3-9,12H2,1-2H3/t14-,16-/m0/s1. The average Bonchev–Trinajstić information content (AvgIpc) is 3.15. The lowest BCUT2D eigenvalue weighted by Gasteiger charge is -2.44. The summed E-state index contributed by atoms with van der Waals surface area (Å²) in [7, 11) is 3.61. The molecule has 6 heteroatoms. The molecule has 6 nitrogen and oxygen atoms in total. The predicted molar refractivity (Wildman–Crippen MR) is 81.4 cm³/mol. The van der Waals surface area contributed by atoms with Gasteiger partial charge >= 0.3 is 0 Å². The van der Waals surface area contributed by atoms with Gasteiger partial charge in [-0.15, -0.1) is 0 Å². The summed E-state index contributed by atoms with van der Waals surface area (Å²) in [6.45, 7) is 2.23. The molecule has 1 amide bonds. The lowest BCUT2D eigenvalue weighted by atomic mass is 9.85. The molecule has 0 aromatic carbocycles. The highest BCUT2D eigenvalue weighted by molar-refractivity contribution is 5.76. The van der Waals surface area contributed by atoms with Gasteiger partial charge < -0.3 is 14.4 Å². The molecule has 3 rings (SSSR count). The Kier molecular flexibility index (Phi) is 4.49. The second-order valence-corrected chi connectivity index (χ2v) is 6.35. The summed E-state index contributed by atoms with van der Waals surface area (Å²) in [4.78, 5) is 14.4. The highest BCUT2D eigenvalue weighted by Crippen LogP contribution is 2.37. The maximum absolute atomic E-state index is 12.4. The molecule has 1 aromatic heterocycles. The van der Waals surface area contributed by atoms with Crippen LogP contribution >= 0.6 is 0 Å². The van der Waals surface area contributed by atoms with Crippen LogP contribution in [0.4, 0.5) is 0 Å². The van der Waals surface area contributed by atoms with E-state index in [1.54, 1.807) is 11.8 Å². The second-order valence-electron chi connectivity index (χ2n) is 6.35. The smallest absolute Gasteiger partial charge is 0.222 e. The molecule has 0 aliphatic carbocycles. The van der Waals surface area contributed by atoms with Crippen molar-refractivity contribution in [3.8, 4) is 0 Å². The van der Waals surface area contributed by atoms with Crippen LogP contribution in [0, 0.1) is 0 Å². The molecule has 122 valence electrons. The highest BCUT2D eigenvalue weighted by atomic mass is 16.5. The Labute approximate surface area is 131 Å². The van der Waals surface area contributed by atoms with E-state index in [1.807, 2.05) is 24.3 Å². The maximum atomic E-state index is 12.4. The SMILES string of the molecule is CO[C@H]1CN(C(=O)CCc2cnn(C)c2)CC[C@@]12CCCO2. The van der Waals surface area contributed by atoms with Crippen LogP contribution in [0.3, 0.4) is 0 Å². The summed E-state index contributed by atoms with van der Waals surface area (Å²) in [5, 5.41) is 4.14. The zero-order valence-corrected chi connectivity index (χ0v) is 13.5. The van der Waals surface area contributed by atoms with Gasteiger partial charge in [-0.05, 0) is 31.2 Å². The maximum Gasteiger partial charge on any atom is 0.222 e. The van der Waals surface area contributed by atoms with E-state index in [1.165, 1.54) is 0 Å². The first kappa shape index (κ1) is 15.5. The van der Waals surface area contributed by atoms with Crippen molar-refractivity contribution in [2.24, 2.45) is 7.05 Å². The van der Waals surface area contributed by atoms with Gasteiger partial charge in [0.2, 0.25) is 5.91 Å². The van der Waals surface area contributed by atoms with Crippen LogP contribution in [-0.4, -0.2) is 59.1 Å². The number of aryl methyl sites for hydroxylation is 2. The zero-order chi connectivity index (χ0) is 15.6. The molecule has 2 saturated heterocycles. The van der Waals surface area contributed by atoms with Crippen molar-refractivity contribution >= 4 is 5.91 Å². The molecule has 1 aromatic rings. The molecule has 0 N–H and O–H groups in total. The van der Waals surface area contributed by atoms with E-state index in [9.17, 15) is 4.79 Å². The van der Waals surface area contributed by atoms with Gasteiger partial charge in [-0.3, -0.25) is 9.48 Å². The molecule has 2 aliphatic rings. The Morgan fingerprint density at radius 3 is 3.05 bits per heavy atom. The summed E-state index contributed by atoms with van der Waals surface area (Å²) in [5.41, 5.74) is 0.946. The van der Waals surface area contributed by atoms with Gasteiger partial charge in [0.15, 0.2) is 0 Å². The van der Waals surface area contributed by atoms with Gasteiger partial charge in [-0.25, -0.2) is 0 Å². The quantitative estimate of drug-likeness (QED) is 0.837. The number of ether oxygens (including phenoxy) is 2. The van der Waals surface area contributed by atoms with Gasteiger partial charge in [0.1, 0.15) is 6.10 Å². The van der Waals surface area contributed by atoms with Crippen LogP contribution in [0.5, 0.6) is 0 Å². The fraction of sp³-hybridized carbons (Fsp3) is 0.750. The lowest BCUT2D eigenvalue weighted by molar-refractivity contribution is -0.158. The molecule has 22 heavy (non-hydrogen) atoms. The summed E-state index contributed by atoms with van der Waals surface area (Å²) >= 11 is 0. The van der Waals surface area contributed by atoms with E-state index in [-0.39, 0.29) is 17.6 Å². The van der Waals surface area contributed by atoms with Crippen LogP contribution in [-0.2, 0) is 27.7 Å². The molecule has 2 atom stereocenters. The average molecular weight is 307 g/mol. The molecule has 1 spiro atoms. The van der Waals surface area contributed by atoms with Crippen LogP contribution in [0.2, 0.25) is 0 Å². The van der Waals surface area contributed by atoms with Gasteiger partial charge in [0.25, 0.3) is 0 Å². The van der Waals surface area contributed by atoms with Crippen molar-refractivity contribution in [3.63, 3.8) is 0 Å². The van der Waals surface area contributed by atoms with Crippen molar-refractivity contribution in [3.05, 3.63) is 18.0 Å². The normalized spacial score (nSPS) is 28.5. The fourth-order valence-electron chi connectivity index (χ4n) is 3.64. The summed E-state index contributed by atoms with van der Waals surface area (Å²) in [6, 6.07) is 0. The third kappa shape index (κ3) is 3.03. The topological polar surface area (TPSA) is 56.6 Å². The van der Waals surface area contributed by atoms with Gasteiger partial charge in [-0.2, -0.15) is 5.10 Å². The molecule has 3 heterocycles. The molecule has 2 fully saturated rings. The Bertz CT molecular complexity index is 522. The van der Waals surface area contributed by atoms with Crippen molar-refractivity contribution < 1.29 is 14.3 Å². The van der Waals surface area contributed by atoms with Crippen LogP contribution in [0.15, 0.2) is 12.4 Å². The number of carbonyl (C=O) groups excluding carboxylic acids is 1. The first-order valence-corrected chi connectivity index (χ1v) is 8.05. The molecule has 0 radical (unpaired) electrons. The fourth-order valence-corrected chi connectivity index (χ4v) is 3.64. The first-order valence-electron chi connectivity index (χ1n) is 8.05. The van der Waals surface area contributed by atoms with E-state index < -0.39 is 0 Å².